The van der Waals surface area contributed by atoms with Crippen LogP contribution in [0.1, 0.15) is 20.7 Å². The lowest BCUT2D eigenvalue weighted by Crippen LogP contribution is -2.36. The van der Waals surface area contributed by atoms with Crippen LogP contribution in [-0.4, -0.2) is 23.1 Å². The van der Waals surface area contributed by atoms with E-state index in [1.165, 1.54) is 22.7 Å². The standard InChI is InChI=1S/C18H11BrN2O2S/c19-13-7-5-12(6-8-13)15(22)11-21-17(9-10-20)24-16-4-2-1-3-14(16)18(21)23/h1-9H,11H2. The highest BCUT2D eigenvalue weighted by atomic mass is 79.9. The fraction of sp³-hybridized carbons (Fsp3) is 0.0556. The first-order chi connectivity index (χ1) is 11.6. The number of thioether (sulfide) groups is 1. The van der Waals surface area contributed by atoms with Crippen LogP contribution in [0.25, 0.3) is 0 Å². The number of Topliss-reactive ketones (excluding diaryl/α,β-unsaturated/α-hetero) is 1. The molecule has 4 nitrogen and oxygen atoms in total. The zero-order chi connectivity index (χ0) is 17.1. The lowest BCUT2D eigenvalue weighted by Gasteiger charge is -2.29. The number of rotatable bonds is 3. The molecule has 0 aromatic heterocycles. The van der Waals surface area contributed by atoms with Crippen LogP contribution in [0.2, 0.25) is 0 Å². The molecule has 118 valence electrons. The number of halogens is 1. The first-order valence-corrected chi connectivity index (χ1v) is 8.68. The van der Waals surface area contributed by atoms with Crippen LogP contribution in [-0.2, 0) is 0 Å². The quantitative estimate of drug-likeness (QED) is 0.572. The van der Waals surface area contributed by atoms with E-state index >= 15 is 0 Å². The molecule has 6 heteroatoms. The van der Waals surface area contributed by atoms with Crippen molar-refractivity contribution in [3.05, 3.63) is 75.2 Å². The Hall–Kier alpha value is -2.36. The topological polar surface area (TPSA) is 61.2 Å². The van der Waals surface area contributed by atoms with Gasteiger partial charge >= 0.3 is 0 Å². The van der Waals surface area contributed by atoms with Gasteiger partial charge in [-0.05, 0) is 24.3 Å². The molecule has 0 saturated heterocycles. The summed E-state index contributed by atoms with van der Waals surface area (Å²) in [6.07, 6.45) is 1.30. The van der Waals surface area contributed by atoms with Crippen molar-refractivity contribution in [1.82, 2.24) is 4.90 Å². The molecule has 0 fully saturated rings. The van der Waals surface area contributed by atoms with Gasteiger partial charge in [-0.15, -0.1) is 0 Å². The maximum absolute atomic E-state index is 12.7. The Labute approximate surface area is 151 Å². The van der Waals surface area contributed by atoms with Gasteiger partial charge in [0.05, 0.1) is 23.2 Å². The van der Waals surface area contributed by atoms with Gasteiger partial charge in [0.2, 0.25) is 0 Å². The summed E-state index contributed by atoms with van der Waals surface area (Å²) in [4.78, 5) is 27.4. The van der Waals surface area contributed by atoms with Gasteiger partial charge in [0.1, 0.15) is 0 Å². The third-order valence-corrected chi connectivity index (χ3v) is 5.15. The van der Waals surface area contributed by atoms with Crippen LogP contribution in [0.3, 0.4) is 0 Å². The maximum Gasteiger partial charge on any atom is 0.260 e. The maximum atomic E-state index is 12.7. The fourth-order valence-electron chi connectivity index (χ4n) is 2.33. The highest BCUT2D eigenvalue weighted by Crippen LogP contribution is 2.38. The number of ketones is 1. The molecule has 3 rings (SSSR count). The van der Waals surface area contributed by atoms with Crippen LogP contribution in [0.5, 0.6) is 0 Å². The minimum atomic E-state index is -0.267. The number of allylic oxidation sites excluding steroid dienone is 1. The van der Waals surface area contributed by atoms with Crippen molar-refractivity contribution in [3.8, 4) is 6.07 Å². The predicted octanol–water partition coefficient (Wildman–Crippen LogP) is 4.24. The van der Waals surface area contributed by atoms with Gasteiger partial charge in [-0.2, -0.15) is 5.26 Å². The van der Waals surface area contributed by atoms with E-state index < -0.39 is 0 Å². The summed E-state index contributed by atoms with van der Waals surface area (Å²) in [6.45, 7) is -0.102. The largest absolute Gasteiger partial charge is 0.294 e. The number of carbonyl (C=O) groups is 2. The lowest BCUT2D eigenvalue weighted by molar-refractivity contribution is 0.0763. The van der Waals surface area contributed by atoms with Crippen molar-refractivity contribution in [3.63, 3.8) is 0 Å². The Bertz CT molecular complexity index is 885. The number of amides is 1. The summed E-state index contributed by atoms with van der Waals surface area (Å²) in [6, 6.07) is 16.1. The Morgan fingerprint density at radius 3 is 2.62 bits per heavy atom. The van der Waals surface area contributed by atoms with Gasteiger partial charge in [0, 0.05) is 21.0 Å². The van der Waals surface area contributed by atoms with Gasteiger partial charge in [-0.25, -0.2) is 0 Å². The zero-order valence-electron chi connectivity index (χ0n) is 12.4. The molecular weight excluding hydrogens is 388 g/mol. The van der Waals surface area contributed by atoms with E-state index in [1.54, 1.807) is 36.4 Å². The van der Waals surface area contributed by atoms with Crippen LogP contribution in [0, 0.1) is 11.3 Å². The second-order valence-electron chi connectivity index (χ2n) is 5.03. The molecule has 0 N–H and O–H groups in total. The number of carbonyl (C=O) groups excluding carboxylic acids is 2. The van der Waals surface area contributed by atoms with E-state index in [4.69, 9.17) is 5.26 Å². The highest BCUT2D eigenvalue weighted by molar-refractivity contribution is 9.10. The third-order valence-electron chi connectivity index (χ3n) is 3.50. The molecule has 0 saturated carbocycles. The van der Waals surface area contributed by atoms with Crippen molar-refractivity contribution in [2.24, 2.45) is 0 Å². The Morgan fingerprint density at radius 1 is 1.21 bits per heavy atom. The van der Waals surface area contributed by atoms with Gasteiger partial charge < -0.3 is 0 Å². The second-order valence-corrected chi connectivity index (χ2v) is 7.01. The van der Waals surface area contributed by atoms with E-state index in [0.29, 0.717) is 16.2 Å². The third kappa shape index (κ3) is 3.28. The van der Waals surface area contributed by atoms with Crippen LogP contribution < -0.4 is 0 Å². The minimum absolute atomic E-state index is 0.102. The van der Waals surface area contributed by atoms with E-state index in [1.807, 2.05) is 18.2 Å². The molecule has 1 aliphatic rings. The van der Waals surface area contributed by atoms with Gasteiger partial charge in [0.25, 0.3) is 5.91 Å². The van der Waals surface area contributed by atoms with Crippen molar-refractivity contribution in [1.29, 1.82) is 5.26 Å². The highest BCUT2D eigenvalue weighted by Gasteiger charge is 2.30. The Morgan fingerprint density at radius 2 is 1.92 bits per heavy atom. The lowest BCUT2D eigenvalue weighted by atomic mass is 10.1. The molecule has 0 radical (unpaired) electrons. The van der Waals surface area contributed by atoms with Crippen molar-refractivity contribution in [2.45, 2.75) is 4.90 Å². The molecular formula is C18H11BrN2O2S. The van der Waals surface area contributed by atoms with Crippen LogP contribution in [0.4, 0.5) is 0 Å². The summed E-state index contributed by atoms with van der Waals surface area (Å²) in [5.41, 5.74) is 1.06. The van der Waals surface area contributed by atoms with Crippen molar-refractivity contribution < 1.29 is 9.59 Å². The summed E-state index contributed by atoms with van der Waals surface area (Å²) >= 11 is 4.64. The van der Waals surface area contributed by atoms with Gasteiger partial charge in [-0.3, -0.25) is 14.5 Å². The fourth-order valence-corrected chi connectivity index (χ4v) is 3.60. The monoisotopic (exact) mass is 398 g/mol. The average molecular weight is 399 g/mol. The summed E-state index contributed by atoms with van der Waals surface area (Å²) < 4.78 is 0.877. The molecule has 0 atom stereocenters. The zero-order valence-corrected chi connectivity index (χ0v) is 14.8. The number of hydrogen-bond acceptors (Lipinski definition) is 4. The molecule has 2 aromatic rings. The van der Waals surface area contributed by atoms with Gasteiger partial charge in [-0.1, -0.05) is 52.0 Å². The molecule has 2 aromatic carbocycles. The van der Waals surface area contributed by atoms with E-state index in [0.717, 1.165) is 9.37 Å². The van der Waals surface area contributed by atoms with Crippen LogP contribution >= 0.6 is 27.7 Å². The minimum Gasteiger partial charge on any atom is -0.294 e. The second kappa shape index (κ2) is 7.04. The molecule has 0 unspecified atom stereocenters. The van der Waals surface area contributed by atoms with E-state index in [2.05, 4.69) is 15.9 Å². The average Bonchev–Trinajstić information content (AvgIpc) is 2.59. The number of nitriles is 1. The van der Waals surface area contributed by atoms with Crippen molar-refractivity contribution in [2.75, 3.05) is 6.54 Å². The molecule has 0 spiro atoms. The first kappa shape index (κ1) is 16.5. The van der Waals surface area contributed by atoms with E-state index in [-0.39, 0.29) is 18.2 Å². The molecule has 0 aliphatic carbocycles. The molecule has 1 heterocycles. The van der Waals surface area contributed by atoms with Crippen molar-refractivity contribution >= 4 is 39.4 Å². The van der Waals surface area contributed by atoms with E-state index in [9.17, 15) is 9.59 Å². The molecule has 1 amide bonds. The SMILES string of the molecule is N#CC=C1Sc2ccccc2C(=O)N1CC(=O)c1ccc(Br)cc1. The summed E-state index contributed by atoms with van der Waals surface area (Å²) in [5.74, 6) is -0.448. The van der Waals surface area contributed by atoms with Gasteiger partial charge in [0.15, 0.2) is 5.78 Å². The Balaban J connectivity index is 1.92. The first-order valence-electron chi connectivity index (χ1n) is 7.07. The number of fused-ring (bicyclic) bond motifs is 1. The number of hydrogen-bond donors (Lipinski definition) is 0. The smallest absolute Gasteiger partial charge is 0.260 e. The molecule has 0 bridgehead atoms. The Kier molecular flexibility index (Phi) is 4.84. The summed E-state index contributed by atoms with van der Waals surface area (Å²) in [7, 11) is 0. The number of benzene rings is 2. The summed E-state index contributed by atoms with van der Waals surface area (Å²) in [5, 5.41) is 9.45. The molecule has 24 heavy (non-hydrogen) atoms. The number of nitrogens with zero attached hydrogens (tertiary/aromatic N) is 2. The molecule has 1 aliphatic heterocycles. The normalized spacial score (nSPS) is 15.1. The van der Waals surface area contributed by atoms with Crippen LogP contribution in [0.15, 0.2) is 69.0 Å². The predicted molar refractivity (Wildman–Crippen MR) is 95.5 cm³/mol.